The van der Waals surface area contributed by atoms with Crippen molar-refractivity contribution in [1.82, 2.24) is 0 Å². The zero-order chi connectivity index (χ0) is 30.6. The van der Waals surface area contributed by atoms with Crippen LogP contribution in [0.2, 0.25) is 0 Å². The first kappa shape index (κ1) is 31.0. The summed E-state index contributed by atoms with van der Waals surface area (Å²) in [5.74, 6) is -0.228. The average Bonchev–Trinajstić information content (AvgIpc) is 3.46. The van der Waals surface area contributed by atoms with Crippen molar-refractivity contribution in [2.75, 3.05) is 54.0 Å². The van der Waals surface area contributed by atoms with E-state index >= 15 is 0 Å². The molecule has 0 atom stereocenters. The van der Waals surface area contributed by atoms with E-state index in [1.165, 1.54) is 22.5 Å². The maximum atomic E-state index is 13.8. The van der Waals surface area contributed by atoms with Crippen LogP contribution in [0.5, 0.6) is 0 Å². The highest BCUT2D eigenvalue weighted by Gasteiger charge is 2.54. The summed E-state index contributed by atoms with van der Waals surface area (Å²) in [6.45, 7) is 19.4. The van der Waals surface area contributed by atoms with Crippen molar-refractivity contribution < 1.29 is 9.53 Å². The number of esters is 1. The zero-order valence-corrected chi connectivity index (χ0v) is 27.3. The van der Waals surface area contributed by atoms with Gasteiger partial charge < -0.3 is 19.4 Å². The second-order valence-electron chi connectivity index (χ2n) is 12.2. The number of hydrogen-bond donors (Lipinski definition) is 0. The smallest absolute Gasteiger partial charge is 0.340 e. The molecule has 0 saturated heterocycles. The molecule has 230 valence electrons. The van der Waals surface area contributed by atoms with E-state index in [4.69, 9.17) is 4.74 Å². The molecule has 0 fully saturated rings. The van der Waals surface area contributed by atoms with Crippen LogP contribution in [0.3, 0.4) is 0 Å². The first-order valence-electron chi connectivity index (χ1n) is 16.9. The molecule has 43 heavy (non-hydrogen) atoms. The highest BCUT2D eigenvalue weighted by molar-refractivity contribution is 6.00. The van der Waals surface area contributed by atoms with Gasteiger partial charge in [0.05, 0.1) is 5.56 Å². The van der Waals surface area contributed by atoms with Crippen LogP contribution >= 0.6 is 0 Å². The van der Waals surface area contributed by atoms with Gasteiger partial charge in [-0.25, -0.2) is 4.79 Å². The number of nitrogens with zero attached hydrogens (tertiary/aromatic N) is 3. The quantitative estimate of drug-likeness (QED) is 0.167. The molecule has 5 heteroatoms. The molecule has 0 amide bonds. The van der Waals surface area contributed by atoms with Crippen molar-refractivity contribution >= 4 is 23.0 Å². The Morgan fingerprint density at radius 1 is 0.488 bits per heavy atom. The summed E-state index contributed by atoms with van der Waals surface area (Å²) >= 11 is 0. The molecule has 1 aliphatic heterocycles. The number of anilines is 3. The van der Waals surface area contributed by atoms with Gasteiger partial charge in [-0.3, -0.25) is 0 Å². The maximum Gasteiger partial charge on any atom is 0.340 e. The highest BCUT2D eigenvalue weighted by Crippen LogP contribution is 2.58. The fourth-order valence-electron chi connectivity index (χ4n) is 7.25. The maximum absolute atomic E-state index is 13.8. The standard InChI is InChI=1S/C38H51N3O2/c1-7-19-39(20-8-2)28-13-16-34-31(25-28)32-26-29(40(21-9-3)22-10-4)14-17-35(32)38(34)36-18-15-30(27-33(36)37(42)43-38)41(23-11-5)24-12-6/h13-18,25-27H,7-12,19-24H2,1-6H3. The number of carbonyl (C=O) groups excluding carboxylic acids is 1. The van der Waals surface area contributed by atoms with Gasteiger partial charge in [-0.15, -0.1) is 0 Å². The number of ether oxygens (including phenoxy) is 1. The van der Waals surface area contributed by atoms with Gasteiger partial charge in [0.15, 0.2) is 5.60 Å². The molecule has 0 N–H and O–H groups in total. The Hall–Kier alpha value is -3.47. The molecule has 1 heterocycles. The second-order valence-corrected chi connectivity index (χ2v) is 12.2. The van der Waals surface area contributed by atoms with Gasteiger partial charge in [0.2, 0.25) is 0 Å². The fraction of sp³-hybridized carbons (Fsp3) is 0.500. The van der Waals surface area contributed by atoms with Crippen LogP contribution in [-0.2, 0) is 10.3 Å². The summed E-state index contributed by atoms with van der Waals surface area (Å²) in [4.78, 5) is 21.1. The lowest BCUT2D eigenvalue weighted by Gasteiger charge is -2.29. The summed E-state index contributed by atoms with van der Waals surface area (Å²) in [5, 5.41) is 0. The number of carbonyl (C=O) groups is 1. The Kier molecular flexibility index (Phi) is 9.68. The van der Waals surface area contributed by atoms with Crippen molar-refractivity contribution in [1.29, 1.82) is 0 Å². The number of hydrogen-bond acceptors (Lipinski definition) is 5. The van der Waals surface area contributed by atoms with Gasteiger partial charge in [-0.05, 0) is 86.1 Å². The van der Waals surface area contributed by atoms with Crippen molar-refractivity contribution in [3.8, 4) is 11.1 Å². The van der Waals surface area contributed by atoms with Crippen molar-refractivity contribution in [3.63, 3.8) is 0 Å². The van der Waals surface area contributed by atoms with E-state index in [1.807, 2.05) is 0 Å². The monoisotopic (exact) mass is 581 g/mol. The Labute approximate surface area is 259 Å². The van der Waals surface area contributed by atoms with E-state index in [2.05, 4.69) is 111 Å². The molecule has 3 aromatic carbocycles. The van der Waals surface area contributed by atoms with Crippen molar-refractivity contribution in [2.45, 2.75) is 85.7 Å². The van der Waals surface area contributed by atoms with E-state index in [-0.39, 0.29) is 5.97 Å². The Morgan fingerprint density at radius 3 is 1.12 bits per heavy atom. The van der Waals surface area contributed by atoms with Crippen LogP contribution in [0.25, 0.3) is 11.1 Å². The van der Waals surface area contributed by atoms with Gasteiger partial charge >= 0.3 is 5.97 Å². The van der Waals surface area contributed by atoms with Gasteiger partial charge in [-0.1, -0.05) is 59.7 Å². The number of benzene rings is 3. The predicted octanol–water partition coefficient (Wildman–Crippen LogP) is 9.01. The molecule has 0 aromatic heterocycles. The van der Waals surface area contributed by atoms with Crippen molar-refractivity contribution in [2.24, 2.45) is 0 Å². The zero-order valence-electron chi connectivity index (χ0n) is 27.3. The second kappa shape index (κ2) is 13.4. The molecule has 2 aliphatic rings. The van der Waals surface area contributed by atoms with Crippen LogP contribution in [0, 0.1) is 0 Å². The lowest BCUT2D eigenvalue weighted by Crippen LogP contribution is -2.28. The minimum absolute atomic E-state index is 0.228. The number of rotatable bonds is 15. The summed E-state index contributed by atoms with van der Waals surface area (Å²) < 4.78 is 6.59. The summed E-state index contributed by atoms with van der Waals surface area (Å²) in [6, 6.07) is 20.1. The summed E-state index contributed by atoms with van der Waals surface area (Å²) in [5.41, 5.74) is 8.84. The van der Waals surface area contributed by atoms with E-state index in [0.29, 0.717) is 5.56 Å². The molecule has 0 bridgehead atoms. The van der Waals surface area contributed by atoms with E-state index in [9.17, 15) is 4.79 Å². The van der Waals surface area contributed by atoms with E-state index in [1.54, 1.807) is 0 Å². The molecular formula is C38H51N3O2. The third-order valence-electron chi connectivity index (χ3n) is 8.96. The van der Waals surface area contributed by atoms with Crippen LogP contribution in [0.1, 0.15) is 107 Å². The lowest BCUT2D eigenvalue weighted by atomic mass is 9.83. The minimum Gasteiger partial charge on any atom is -0.441 e. The van der Waals surface area contributed by atoms with Gasteiger partial charge in [0.25, 0.3) is 0 Å². The molecule has 5 nitrogen and oxygen atoms in total. The number of fused-ring (bicyclic) bond motifs is 7. The molecular weight excluding hydrogens is 530 g/mol. The topological polar surface area (TPSA) is 36.0 Å². The Bertz CT molecular complexity index is 1350. The first-order chi connectivity index (χ1) is 21.0. The van der Waals surface area contributed by atoms with Crippen LogP contribution in [0.4, 0.5) is 17.1 Å². The molecule has 5 rings (SSSR count). The molecule has 0 saturated carbocycles. The molecule has 1 spiro atoms. The van der Waals surface area contributed by atoms with Crippen molar-refractivity contribution in [3.05, 3.63) is 76.9 Å². The fourth-order valence-corrected chi connectivity index (χ4v) is 7.25. The van der Waals surface area contributed by atoms with Crippen LogP contribution < -0.4 is 14.7 Å². The molecule has 0 unspecified atom stereocenters. The van der Waals surface area contributed by atoms with Crippen LogP contribution in [-0.4, -0.2) is 45.2 Å². The largest absolute Gasteiger partial charge is 0.441 e. The predicted molar refractivity (Wildman–Crippen MR) is 182 cm³/mol. The summed E-state index contributed by atoms with van der Waals surface area (Å²) in [7, 11) is 0. The third-order valence-corrected chi connectivity index (χ3v) is 8.96. The third kappa shape index (κ3) is 5.52. The molecule has 3 aromatic rings. The van der Waals surface area contributed by atoms with E-state index in [0.717, 1.165) is 100 Å². The highest BCUT2D eigenvalue weighted by atomic mass is 16.6. The Balaban J connectivity index is 1.70. The average molecular weight is 582 g/mol. The lowest BCUT2D eigenvalue weighted by molar-refractivity contribution is 0.0264. The SMILES string of the molecule is CCCN(CCC)c1ccc2c(c1)C(=O)OC21c2ccc(N(CCC)CCC)cc2-c2cc(N(CCC)CCC)ccc21. The van der Waals surface area contributed by atoms with Gasteiger partial charge in [-0.2, -0.15) is 0 Å². The molecule has 0 radical (unpaired) electrons. The van der Waals surface area contributed by atoms with Gasteiger partial charge in [0.1, 0.15) is 0 Å². The van der Waals surface area contributed by atoms with Crippen LogP contribution in [0.15, 0.2) is 54.6 Å². The normalized spacial score (nSPS) is 14.0. The molecule has 1 aliphatic carbocycles. The summed E-state index contributed by atoms with van der Waals surface area (Å²) in [6.07, 6.45) is 6.54. The van der Waals surface area contributed by atoms with E-state index < -0.39 is 5.60 Å². The first-order valence-corrected chi connectivity index (χ1v) is 16.9. The Morgan fingerprint density at radius 2 is 0.791 bits per heavy atom. The van der Waals surface area contributed by atoms with Gasteiger partial charge in [0, 0.05) is 73.0 Å². The minimum atomic E-state index is -0.923.